The average Bonchev–Trinajstić information content (AvgIpc) is 2.26. The van der Waals surface area contributed by atoms with Gasteiger partial charge in [-0.3, -0.25) is 0 Å². The minimum absolute atomic E-state index is 0.0636. The average molecular weight is 265 g/mol. The van der Waals surface area contributed by atoms with Crippen molar-refractivity contribution in [3.05, 3.63) is 24.3 Å². The molecule has 1 aromatic carbocycles. The molecular weight excluding hydrogens is 252 g/mol. The Morgan fingerprint density at radius 1 is 1.35 bits per heavy atom. The largest absolute Gasteiger partial charge is 0.392 e. The number of para-hydroxylation sites is 1. The molecule has 0 heterocycles. The van der Waals surface area contributed by atoms with Crippen LogP contribution in [0.15, 0.2) is 29.2 Å². The van der Waals surface area contributed by atoms with Crippen molar-refractivity contribution in [3.8, 4) is 0 Å². The van der Waals surface area contributed by atoms with Crippen molar-refractivity contribution in [2.75, 3.05) is 11.9 Å². The van der Waals surface area contributed by atoms with Gasteiger partial charge in [0, 0.05) is 6.54 Å². The highest BCUT2D eigenvalue weighted by atomic mass is 32.2. The van der Waals surface area contributed by atoms with Gasteiger partial charge in [-0.15, -0.1) is 0 Å². The number of benzene rings is 1. The summed E-state index contributed by atoms with van der Waals surface area (Å²) in [5.41, 5.74) is 0.0636. The summed E-state index contributed by atoms with van der Waals surface area (Å²) >= 11 is 0. The van der Waals surface area contributed by atoms with Crippen LogP contribution in [0.1, 0.15) is 6.92 Å². The topological polar surface area (TPSA) is 66.4 Å². The molecule has 1 atom stereocenters. The second-order valence-corrected chi connectivity index (χ2v) is 5.42. The summed E-state index contributed by atoms with van der Waals surface area (Å²) in [6, 6.07) is 5.36. The summed E-state index contributed by atoms with van der Waals surface area (Å²) in [6.07, 6.45) is -0.711. The van der Waals surface area contributed by atoms with Gasteiger partial charge >= 0.3 is 5.76 Å². The molecular formula is C10H13F2NO3S. The van der Waals surface area contributed by atoms with Gasteiger partial charge in [0.25, 0.3) is 0 Å². The standard InChI is InChI=1S/C10H13F2NO3S/c1-7(14)6-13-8-4-2-3-5-9(8)17(15,16)10(11)12/h2-5,7,10,13-14H,6H2,1H3. The van der Waals surface area contributed by atoms with Gasteiger partial charge in [-0.1, -0.05) is 12.1 Å². The zero-order valence-electron chi connectivity index (χ0n) is 9.10. The molecule has 0 spiro atoms. The lowest BCUT2D eigenvalue weighted by atomic mass is 10.3. The lowest BCUT2D eigenvalue weighted by Gasteiger charge is -2.13. The predicted octanol–water partition coefficient (Wildman–Crippen LogP) is 1.48. The van der Waals surface area contributed by atoms with Crippen LogP contribution in [-0.2, 0) is 9.84 Å². The van der Waals surface area contributed by atoms with Crippen molar-refractivity contribution in [2.45, 2.75) is 23.7 Å². The molecule has 0 aliphatic rings. The number of hydrogen-bond acceptors (Lipinski definition) is 4. The molecule has 17 heavy (non-hydrogen) atoms. The Balaban J connectivity index is 3.08. The van der Waals surface area contributed by atoms with Crippen LogP contribution in [0, 0.1) is 0 Å². The van der Waals surface area contributed by atoms with E-state index in [-0.39, 0.29) is 12.2 Å². The molecule has 0 saturated heterocycles. The summed E-state index contributed by atoms with van der Waals surface area (Å²) in [7, 11) is -4.63. The van der Waals surface area contributed by atoms with Crippen molar-refractivity contribution in [1.82, 2.24) is 0 Å². The van der Waals surface area contributed by atoms with Crippen LogP contribution in [0.5, 0.6) is 0 Å². The molecule has 7 heteroatoms. The van der Waals surface area contributed by atoms with Gasteiger partial charge in [0.15, 0.2) is 0 Å². The van der Waals surface area contributed by atoms with E-state index in [4.69, 9.17) is 5.11 Å². The van der Waals surface area contributed by atoms with Gasteiger partial charge in [0.2, 0.25) is 9.84 Å². The number of anilines is 1. The molecule has 4 nitrogen and oxygen atoms in total. The first kappa shape index (κ1) is 13.9. The molecule has 96 valence electrons. The lowest BCUT2D eigenvalue weighted by molar-refractivity contribution is 0.208. The molecule has 0 radical (unpaired) electrons. The minimum Gasteiger partial charge on any atom is -0.392 e. The number of aliphatic hydroxyl groups is 1. The Labute approximate surface area is 98.2 Å². The molecule has 1 rings (SSSR count). The van der Waals surface area contributed by atoms with Crippen molar-refractivity contribution >= 4 is 15.5 Å². The summed E-state index contributed by atoms with van der Waals surface area (Å²) in [6.45, 7) is 1.58. The van der Waals surface area contributed by atoms with Gasteiger partial charge in [0.05, 0.1) is 16.7 Å². The zero-order chi connectivity index (χ0) is 13.1. The molecule has 0 saturated carbocycles. The fourth-order valence-electron chi connectivity index (χ4n) is 1.21. The summed E-state index contributed by atoms with van der Waals surface area (Å²) < 4.78 is 47.5. The van der Waals surface area contributed by atoms with Gasteiger partial charge < -0.3 is 10.4 Å². The Morgan fingerprint density at radius 2 is 1.94 bits per heavy atom. The quantitative estimate of drug-likeness (QED) is 0.846. The second-order valence-electron chi connectivity index (χ2n) is 3.53. The molecule has 0 fully saturated rings. The van der Waals surface area contributed by atoms with E-state index >= 15 is 0 Å². The van der Waals surface area contributed by atoms with Crippen LogP contribution in [0.2, 0.25) is 0 Å². The third-order valence-electron chi connectivity index (χ3n) is 2.02. The van der Waals surface area contributed by atoms with Crippen molar-refractivity contribution < 1.29 is 22.3 Å². The number of sulfone groups is 1. The van der Waals surface area contributed by atoms with E-state index in [1.165, 1.54) is 25.1 Å². The highest BCUT2D eigenvalue weighted by Crippen LogP contribution is 2.25. The summed E-state index contributed by atoms with van der Waals surface area (Å²) in [4.78, 5) is -0.462. The highest BCUT2D eigenvalue weighted by Gasteiger charge is 2.28. The Morgan fingerprint density at radius 3 is 2.47 bits per heavy atom. The Bertz CT molecular complexity index is 474. The number of rotatable bonds is 5. The van der Waals surface area contributed by atoms with E-state index in [2.05, 4.69) is 5.32 Å². The molecule has 1 aromatic rings. The smallest absolute Gasteiger partial charge is 0.341 e. The van der Waals surface area contributed by atoms with Crippen LogP contribution in [0.25, 0.3) is 0 Å². The molecule has 0 amide bonds. The number of aliphatic hydroxyl groups excluding tert-OH is 1. The lowest BCUT2D eigenvalue weighted by Crippen LogP contribution is -2.19. The third kappa shape index (κ3) is 3.37. The van der Waals surface area contributed by atoms with E-state index in [0.29, 0.717) is 0 Å². The summed E-state index contributed by atoms with van der Waals surface area (Å²) in [5, 5.41) is 11.7. The molecule has 0 aromatic heterocycles. The zero-order valence-corrected chi connectivity index (χ0v) is 9.92. The van der Waals surface area contributed by atoms with Gasteiger partial charge in [0.1, 0.15) is 0 Å². The maximum Gasteiger partial charge on any atom is 0.341 e. The first-order valence-corrected chi connectivity index (χ1v) is 6.43. The van der Waals surface area contributed by atoms with Crippen LogP contribution < -0.4 is 5.32 Å². The van der Waals surface area contributed by atoms with Crippen LogP contribution in [0.3, 0.4) is 0 Å². The maximum atomic E-state index is 12.4. The highest BCUT2D eigenvalue weighted by molar-refractivity contribution is 7.91. The monoisotopic (exact) mass is 265 g/mol. The molecule has 2 N–H and O–H groups in total. The second kappa shape index (κ2) is 5.42. The van der Waals surface area contributed by atoms with Crippen LogP contribution in [0.4, 0.5) is 14.5 Å². The third-order valence-corrected chi connectivity index (χ3v) is 3.45. The Hall–Kier alpha value is -1.21. The van der Waals surface area contributed by atoms with E-state index < -0.39 is 26.6 Å². The van der Waals surface area contributed by atoms with E-state index in [1.807, 2.05) is 0 Å². The van der Waals surface area contributed by atoms with Crippen LogP contribution in [-0.4, -0.2) is 31.9 Å². The normalized spacial score (nSPS) is 13.7. The fraction of sp³-hybridized carbons (Fsp3) is 0.400. The van der Waals surface area contributed by atoms with E-state index in [9.17, 15) is 17.2 Å². The first-order valence-electron chi connectivity index (χ1n) is 4.88. The van der Waals surface area contributed by atoms with Gasteiger partial charge in [-0.2, -0.15) is 8.78 Å². The Kier molecular flexibility index (Phi) is 4.41. The van der Waals surface area contributed by atoms with Crippen LogP contribution >= 0.6 is 0 Å². The van der Waals surface area contributed by atoms with Gasteiger partial charge in [-0.25, -0.2) is 8.42 Å². The first-order chi connectivity index (χ1) is 7.85. The van der Waals surface area contributed by atoms with Crippen molar-refractivity contribution in [2.24, 2.45) is 0 Å². The number of hydrogen-bond donors (Lipinski definition) is 2. The molecule has 0 aliphatic carbocycles. The number of halogens is 2. The SMILES string of the molecule is CC(O)CNc1ccccc1S(=O)(=O)C(F)F. The molecule has 0 aliphatic heterocycles. The number of nitrogens with one attached hydrogen (secondary N) is 1. The fourth-order valence-corrected chi connectivity index (χ4v) is 2.12. The minimum atomic E-state index is -4.63. The van der Waals surface area contributed by atoms with Gasteiger partial charge in [-0.05, 0) is 19.1 Å². The number of alkyl halides is 2. The summed E-state index contributed by atoms with van der Waals surface area (Å²) in [5.74, 6) is -3.46. The molecule has 1 unspecified atom stereocenters. The van der Waals surface area contributed by atoms with E-state index in [1.54, 1.807) is 0 Å². The molecule has 0 bridgehead atoms. The predicted molar refractivity (Wildman–Crippen MR) is 59.8 cm³/mol. The van der Waals surface area contributed by atoms with E-state index in [0.717, 1.165) is 6.07 Å². The maximum absolute atomic E-state index is 12.4. The van der Waals surface area contributed by atoms with Crippen molar-refractivity contribution in [1.29, 1.82) is 0 Å². The van der Waals surface area contributed by atoms with Crippen molar-refractivity contribution in [3.63, 3.8) is 0 Å².